The van der Waals surface area contributed by atoms with Crippen molar-refractivity contribution in [3.05, 3.63) is 101 Å². The molecule has 0 unspecified atom stereocenters. The number of ether oxygens (including phenoxy) is 2. The Bertz CT molecular complexity index is 1750. The van der Waals surface area contributed by atoms with Crippen molar-refractivity contribution in [3.8, 4) is 11.4 Å². The van der Waals surface area contributed by atoms with Gasteiger partial charge in [-0.3, -0.25) is 9.71 Å². The van der Waals surface area contributed by atoms with Crippen molar-refractivity contribution >= 4 is 44.7 Å². The minimum atomic E-state index is -3.51. The van der Waals surface area contributed by atoms with Gasteiger partial charge in [0.2, 0.25) is 10.0 Å². The van der Waals surface area contributed by atoms with Gasteiger partial charge in [-0.05, 0) is 86.2 Å². The molecule has 5 rings (SSSR count). The zero-order chi connectivity index (χ0) is 30.2. The number of anilines is 2. The van der Waals surface area contributed by atoms with Crippen LogP contribution in [0.15, 0.2) is 72.9 Å². The van der Waals surface area contributed by atoms with E-state index in [1.165, 1.54) is 14.2 Å². The Morgan fingerprint density at radius 1 is 1.02 bits per heavy atom. The van der Waals surface area contributed by atoms with Gasteiger partial charge in [-0.15, -0.1) is 0 Å². The Labute approximate surface area is 250 Å². The van der Waals surface area contributed by atoms with Crippen LogP contribution in [-0.2, 0) is 14.8 Å². The molecule has 0 saturated carbocycles. The predicted molar refractivity (Wildman–Crippen MR) is 166 cm³/mol. The topological polar surface area (TPSA) is 115 Å². The highest BCUT2D eigenvalue weighted by molar-refractivity contribution is 7.92. The van der Waals surface area contributed by atoms with Crippen LogP contribution in [0, 0.1) is 13.8 Å². The molecule has 12 heteroatoms. The van der Waals surface area contributed by atoms with Gasteiger partial charge in [0.15, 0.2) is 5.11 Å². The average molecular weight is 606 g/mol. The third kappa shape index (κ3) is 5.55. The first-order chi connectivity index (χ1) is 20.0. The molecule has 1 aliphatic rings. The fourth-order valence-corrected chi connectivity index (χ4v) is 6.33. The van der Waals surface area contributed by atoms with Crippen LogP contribution in [0.1, 0.15) is 45.1 Å². The number of rotatable bonds is 8. The molecule has 4 aromatic rings. The van der Waals surface area contributed by atoms with Crippen LogP contribution in [0.4, 0.5) is 11.4 Å². The van der Waals surface area contributed by atoms with E-state index in [9.17, 15) is 13.2 Å². The molecule has 0 spiro atoms. The summed E-state index contributed by atoms with van der Waals surface area (Å²) in [5.74, 6) is -0.0345. The fourth-order valence-electron chi connectivity index (χ4n) is 5.41. The van der Waals surface area contributed by atoms with E-state index in [2.05, 4.69) is 25.7 Å². The number of nitrogens with zero attached hydrogens (tertiary/aromatic N) is 3. The number of carbonyl (C=O) groups excluding carboxylic acids is 1. The largest absolute Gasteiger partial charge is 0.494 e. The number of pyridine rings is 1. The van der Waals surface area contributed by atoms with Gasteiger partial charge in [-0.1, -0.05) is 6.07 Å². The summed E-state index contributed by atoms with van der Waals surface area (Å²) in [5.41, 5.74) is 6.24. The van der Waals surface area contributed by atoms with Gasteiger partial charge in [0.25, 0.3) is 0 Å². The van der Waals surface area contributed by atoms with Crippen LogP contribution in [0.5, 0.6) is 5.75 Å². The van der Waals surface area contributed by atoms with E-state index in [0.29, 0.717) is 22.1 Å². The summed E-state index contributed by atoms with van der Waals surface area (Å²) < 4.78 is 38.9. The number of thiocarbonyl (C=S) groups is 1. The van der Waals surface area contributed by atoms with Gasteiger partial charge >= 0.3 is 5.97 Å². The lowest BCUT2D eigenvalue weighted by atomic mass is 9.96. The third-order valence-corrected chi connectivity index (χ3v) is 8.10. The van der Waals surface area contributed by atoms with Crippen LogP contribution in [-0.4, -0.2) is 49.5 Å². The number of aryl methyl sites for hydroxylation is 1. The van der Waals surface area contributed by atoms with Crippen molar-refractivity contribution in [3.63, 3.8) is 0 Å². The normalized spacial score (nSPS) is 16.7. The molecule has 0 bridgehead atoms. The van der Waals surface area contributed by atoms with Crippen LogP contribution < -0.4 is 19.7 Å². The lowest BCUT2D eigenvalue weighted by Gasteiger charge is -2.29. The van der Waals surface area contributed by atoms with E-state index in [1.54, 1.807) is 30.5 Å². The molecule has 2 N–H and O–H groups in total. The summed E-state index contributed by atoms with van der Waals surface area (Å²) in [6, 6.07) is 19.8. The summed E-state index contributed by atoms with van der Waals surface area (Å²) in [5, 5.41) is 3.96. The number of nitrogens with one attached hydrogen (secondary N) is 2. The molecule has 1 aliphatic heterocycles. The van der Waals surface area contributed by atoms with Gasteiger partial charge in [0, 0.05) is 35.0 Å². The van der Waals surface area contributed by atoms with Gasteiger partial charge in [-0.2, -0.15) is 0 Å². The van der Waals surface area contributed by atoms with Crippen LogP contribution in [0.25, 0.3) is 5.69 Å². The minimum absolute atomic E-state index is 0.283. The van der Waals surface area contributed by atoms with Crippen LogP contribution >= 0.6 is 12.2 Å². The van der Waals surface area contributed by atoms with Crippen molar-refractivity contribution < 1.29 is 22.7 Å². The Hall–Kier alpha value is -4.42. The van der Waals surface area contributed by atoms with Gasteiger partial charge < -0.3 is 24.3 Å². The molecule has 42 heavy (non-hydrogen) atoms. The molecular weight excluding hydrogens is 574 g/mol. The summed E-state index contributed by atoms with van der Waals surface area (Å²) in [6.07, 6.45) is 2.84. The second-order valence-electron chi connectivity index (χ2n) is 9.96. The number of sulfonamides is 1. The van der Waals surface area contributed by atoms with E-state index in [0.717, 1.165) is 40.3 Å². The predicted octanol–water partition coefficient (Wildman–Crippen LogP) is 4.83. The molecule has 0 radical (unpaired) electrons. The summed E-state index contributed by atoms with van der Waals surface area (Å²) in [7, 11) is -0.667. The van der Waals surface area contributed by atoms with Crippen molar-refractivity contribution in [2.24, 2.45) is 0 Å². The maximum Gasteiger partial charge on any atom is 0.337 e. The number of hydrogen-bond donors (Lipinski definition) is 2. The van der Waals surface area contributed by atoms with Gasteiger partial charge in [0.05, 0.1) is 49.5 Å². The molecule has 2 aromatic heterocycles. The lowest BCUT2D eigenvalue weighted by molar-refractivity contribution is 0.0600. The number of methoxy groups -OCH3 is 2. The van der Waals surface area contributed by atoms with Gasteiger partial charge in [0.1, 0.15) is 5.75 Å². The molecule has 0 amide bonds. The second kappa shape index (κ2) is 11.5. The van der Waals surface area contributed by atoms with E-state index < -0.39 is 16.0 Å². The van der Waals surface area contributed by atoms with Crippen molar-refractivity contribution in [1.82, 2.24) is 14.9 Å². The highest BCUT2D eigenvalue weighted by atomic mass is 32.2. The van der Waals surface area contributed by atoms with Crippen molar-refractivity contribution in [1.29, 1.82) is 0 Å². The van der Waals surface area contributed by atoms with E-state index in [1.807, 2.05) is 55.1 Å². The molecule has 2 aromatic carbocycles. The Morgan fingerprint density at radius 3 is 2.36 bits per heavy atom. The molecule has 0 aliphatic carbocycles. The first kappa shape index (κ1) is 29.1. The highest BCUT2D eigenvalue weighted by Crippen LogP contribution is 2.45. The summed E-state index contributed by atoms with van der Waals surface area (Å²) in [4.78, 5) is 18.6. The van der Waals surface area contributed by atoms with E-state index >= 15 is 0 Å². The summed E-state index contributed by atoms with van der Waals surface area (Å²) >= 11 is 5.89. The summed E-state index contributed by atoms with van der Waals surface area (Å²) in [6.45, 7) is 4.07. The molecule has 218 valence electrons. The standard InChI is InChI=1S/C30H31N5O5S2/c1-18-16-23(19(2)34(18)21-11-9-20(10-12-21)29(36)40-4)28-27(25-8-6-7-15-31-25)32-30(41)35(28)22-13-14-24(26(17-22)39-3)33-42(5,37)38/h6-17,27-28,33H,1-5H3,(H,32,41)/t27-,28-/m1/s1. The average Bonchev–Trinajstić information content (AvgIpc) is 3.47. The Kier molecular flexibility index (Phi) is 7.93. The zero-order valence-electron chi connectivity index (χ0n) is 23.8. The molecule has 10 nitrogen and oxygen atoms in total. The monoisotopic (exact) mass is 605 g/mol. The maximum absolute atomic E-state index is 12.0. The number of aromatic nitrogens is 2. The maximum atomic E-state index is 12.0. The second-order valence-corrected chi connectivity index (χ2v) is 12.1. The molecule has 3 heterocycles. The van der Waals surface area contributed by atoms with Crippen molar-refractivity contribution in [2.75, 3.05) is 30.1 Å². The van der Waals surface area contributed by atoms with Crippen LogP contribution in [0.2, 0.25) is 0 Å². The zero-order valence-corrected chi connectivity index (χ0v) is 25.4. The first-order valence-electron chi connectivity index (χ1n) is 13.1. The quantitative estimate of drug-likeness (QED) is 0.215. The number of hydrogen-bond acceptors (Lipinski definition) is 7. The first-order valence-corrected chi connectivity index (χ1v) is 15.4. The van der Waals surface area contributed by atoms with Gasteiger partial charge in [-0.25, -0.2) is 13.2 Å². The lowest BCUT2D eigenvalue weighted by Crippen LogP contribution is -2.29. The van der Waals surface area contributed by atoms with E-state index in [4.69, 9.17) is 21.7 Å². The smallest absolute Gasteiger partial charge is 0.337 e. The SMILES string of the molecule is COC(=O)c1ccc(-n2c(C)cc([C@@H]3[C@@H](c4ccccn4)NC(=S)N3c3ccc(NS(C)(=O)=O)c(OC)c3)c2C)cc1. The fraction of sp³-hybridized carbons (Fsp3) is 0.233. The molecular formula is C30H31N5O5S2. The highest BCUT2D eigenvalue weighted by Gasteiger charge is 2.42. The Morgan fingerprint density at radius 2 is 1.74 bits per heavy atom. The molecule has 2 atom stereocenters. The minimum Gasteiger partial charge on any atom is -0.494 e. The number of carbonyl (C=O) groups is 1. The number of esters is 1. The number of benzene rings is 2. The van der Waals surface area contributed by atoms with Crippen LogP contribution in [0.3, 0.4) is 0 Å². The molecule has 1 saturated heterocycles. The van der Waals surface area contributed by atoms with E-state index in [-0.39, 0.29) is 12.1 Å². The third-order valence-electron chi connectivity index (χ3n) is 7.19. The molecule has 1 fully saturated rings. The van der Waals surface area contributed by atoms with Crippen molar-refractivity contribution in [2.45, 2.75) is 25.9 Å². The Balaban J connectivity index is 1.63.